The molecular weight excluding hydrogens is 278 g/mol. The van der Waals surface area contributed by atoms with Crippen LogP contribution >= 0.6 is 23.6 Å². The molecule has 102 valence electrons. The van der Waals surface area contributed by atoms with Crippen LogP contribution in [0.3, 0.4) is 0 Å². The minimum Gasteiger partial charge on any atom is -0.331 e. The quantitative estimate of drug-likeness (QED) is 0.885. The summed E-state index contributed by atoms with van der Waals surface area (Å²) in [6.45, 7) is 5.11. The van der Waals surface area contributed by atoms with Gasteiger partial charge in [-0.15, -0.1) is 11.3 Å². The third kappa shape index (κ3) is 2.40. The molecule has 2 aromatic rings. The summed E-state index contributed by atoms with van der Waals surface area (Å²) < 4.78 is 3.00. The average molecular weight is 295 g/mol. The SMILES string of the molecule is CC(Cn1c(=S)[nH]c2ccsc2c1=O)N1CCCC1. The fourth-order valence-electron chi connectivity index (χ4n) is 2.70. The zero-order valence-electron chi connectivity index (χ0n) is 10.9. The van der Waals surface area contributed by atoms with E-state index >= 15 is 0 Å². The average Bonchev–Trinajstić information content (AvgIpc) is 3.04. The van der Waals surface area contributed by atoms with E-state index in [0.29, 0.717) is 17.4 Å². The lowest BCUT2D eigenvalue weighted by Gasteiger charge is -2.24. The van der Waals surface area contributed by atoms with Crippen molar-refractivity contribution in [1.29, 1.82) is 0 Å². The molecule has 1 aliphatic rings. The molecule has 3 rings (SSSR count). The second-order valence-electron chi connectivity index (χ2n) is 5.10. The number of fused-ring (bicyclic) bond motifs is 1. The third-order valence-corrected chi connectivity index (χ3v) is 5.03. The minimum absolute atomic E-state index is 0.0415. The summed E-state index contributed by atoms with van der Waals surface area (Å²) in [5.74, 6) is 0. The van der Waals surface area contributed by atoms with Crippen molar-refractivity contribution < 1.29 is 0 Å². The van der Waals surface area contributed by atoms with Crippen LogP contribution in [-0.2, 0) is 6.54 Å². The van der Waals surface area contributed by atoms with Crippen LogP contribution in [0.1, 0.15) is 19.8 Å². The largest absolute Gasteiger partial charge is 0.331 e. The van der Waals surface area contributed by atoms with E-state index < -0.39 is 0 Å². The van der Waals surface area contributed by atoms with Crippen molar-refractivity contribution >= 4 is 33.8 Å². The summed E-state index contributed by atoms with van der Waals surface area (Å²) in [5, 5.41) is 1.92. The van der Waals surface area contributed by atoms with Gasteiger partial charge in [-0.3, -0.25) is 14.3 Å². The van der Waals surface area contributed by atoms with Gasteiger partial charge in [0.2, 0.25) is 0 Å². The van der Waals surface area contributed by atoms with Crippen molar-refractivity contribution in [3.05, 3.63) is 26.6 Å². The lowest BCUT2D eigenvalue weighted by molar-refractivity contribution is 0.233. The Morgan fingerprint density at radius 3 is 2.95 bits per heavy atom. The van der Waals surface area contributed by atoms with Gasteiger partial charge in [0.05, 0.1) is 5.52 Å². The molecule has 1 unspecified atom stereocenters. The number of likely N-dealkylation sites (tertiary alicyclic amines) is 1. The zero-order chi connectivity index (χ0) is 13.4. The van der Waals surface area contributed by atoms with Crippen LogP contribution < -0.4 is 5.56 Å². The number of thiophene rings is 1. The monoisotopic (exact) mass is 295 g/mol. The molecular formula is C13H17N3OS2. The number of hydrogen-bond acceptors (Lipinski definition) is 4. The molecule has 3 heterocycles. The summed E-state index contributed by atoms with van der Waals surface area (Å²) in [6.07, 6.45) is 2.52. The van der Waals surface area contributed by atoms with Crippen molar-refractivity contribution in [2.45, 2.75) is 32.4 Å². The summed E-state index contributed by atoms with van der Waals surface area (Å²) in [6, 6.07) is 2.26. The fraction of sp³-hybridized carbons (Fsp3) is 0.538. The molecule has 1 saturated heterocycles. The van der Waals surface area contributed by atoms with Gasteiger partial charge in [0.1, 0.15) is 4.70 Å². The van der Waals surface area contributed by atoms with Crippen LogP contribution in [0.2, 0.25) is 0 Å². The third-order valence-electron chi connectivity index (χ3n) is 3.80. The highest BCUT2D eigenvalue weighted by molar-refractivity contribution is 7.71. The van der Waals surface area contributed by atoms with Crippen LogP contribution in [0.15, 0.2) is 16.2 Å². The zero-order valence-corrected chi connectivity index (χ0v) is 12.5. The Kier molecular flexibility index (Phi) is 3.56. The molecule has 6 heteroatoms. The molecule has 0 aromatic carbocycles. The smallest absolute Gasteiger partial charge is 0.272 e. The van der Waals surface area contributed by atoms with Crippen molar-refractivity contribution in [1.82, 2.24) is 14.5 Å². The van der Waals surface area contributed by atoms with Gasteiger partial charge >= 0.3 is 0 Å². The molecule has 0 amide bonds. The van der Waals surface area contributed by atoms with E-state index in [-0.39, 0.29) is 5.56 Å². The second kappa shape index (κ2) is 5.19. The number of rotatable bonds is 3. The van der Waals surface area contributed by atoms with E-state index in [2.05, 4.69) is 16.8 Å². The molecule has 19 heavy (non-hydrogen) atoms. The van der Waals surface area contributed by atoms with E-state index in [1.54, 1.807) is 4.57 Å². The van der Waals surface area contributed by atoms with Gasteiger partial charge < -0.3 is 4.98 Å². The van der Waals surface area contributed by atoms with Gasteiger partial charge in [0, 0.05) is 12.6 Å². The number of hydrogen-bond donors (Lipinski definition) is 1. The predicted octanol–water partition coefficient (Wildman–Crippen LogP) is 2.60. The number of nitrogens with one attached hydrogen (secondary N) is 1. The number of H-pyrrole nitrogens is 1. The first-order valence-electron chi connectivity index (χ1n) is 6.61. The Hall–Kier alpha value is -0.980. The van der Waals surface area contributed by atoms with Gasteiger partial charge in [0.15, 0.2) is 4.77 Å². The van der Waals surface area contributed by atoms with E-state index in [4.69, 9.17) is 12.2 Å². The normalized spacial score (nSPS) is 18.2. The molecule has 4 nitrogen and oxygen atoms in total. The first kappa shape index (κ1) is 13.0. The fourth-order valence-corrected chi connectivity index (χ4v) is 3.76. The molecule has 0 saturated carbocycles. The lowest BCUT2D eigenvalue weighted by atomic mass is 10.3. The molecule has 0 radical (unpaired) electrons. The first-order chi connectivity index (χ1) is 9.16. The van der Waals surface area contributed by atoms with Crippen LogP contribution in [-0.4, -0.2) is 33.6 Å². The topological polar surface area (TPSA) is 41.0 Å². The Bertz CT molecular complexity index is 694. The molecule has 0 spiro atoms. The standard InChI is InChI=1S/C13H17N3OS2/c1-9(15-5-2-3-6-15)8-16-12(17)11-10(4-7-19-11)14-13(16)18/h4,7,9H,2-3,5-6,8H2,1H3,(H,14,18). The van der Waals surface area contributed by atoms with Crippen molar-refractivity contribution in [2.24, 2.45) is 0 Å². The van der Waals surface area contributed by atoms with E-state index in [1.165, 1.54) is 24.2 Å². The van der Waals surface area contributed by atoms with Gasteiger partial charge in [0.25, 0.3) is 5.56 Å². The van der Waals surface area contributed by atoms with Gasteiger partial charge in [-0.2, -0.15) is 0 Å². The Balaban J connectivity index is 1.95. The van der Waals surface area contributed by atoms with Crippen LogP contribution in [0.4, 0.5) is 0 Å². The summed E-state index contributed by atoms with van der Waals surface area (Å²) in [7, 11) is 0. The van der Waals surface area contributed by atoms with E-state index in [9.17, 15) is 4.79 Å². The van der Waals surface area contributed by atoms with Gasteiger partial charge in [-0.25, -0.2) is 0 Å². The number of aromatic amines is 1. The second-order valence-corrected chi connectivity index (χ2v) is 6.40. The highest BCUT2D eigenvalue weighted by atomic mass is 32.1. The summed E-state index contributed by atoms with van der Waals surface area (Å²) >= 11 is 6.79. The molecule has 0 aliphatic carbocycles. The molecule has 1 fully saturated rings. The van der Waals surface area contributed by atoms with Crippen LogP contribution in [0, 0.1) is 4.77 Å². The molecule has 2 aromatic heterocycles. The first-order valence-corrected chi connectivity index (χ1v) is 7.90. The van der Waals surface area contributed by atoms with Gasteiger partial charge in [-0.05, 0) is 56.5 Å². The van der Waals surface area contributed by atoms with Crippen LogP contribution in [0.25, 0.3) is 10.2 Å². The number of nitrogens with zero attached hydrogens (tertiary/aromatic N) is 2. The lowest BCUT2D eigenvalue weighted by Crippen LogP contribution is -2.37. The van der Waals surface area contributed by atoms with Crippen molar-refractivity contribution in [2.75, 3.05) is 13.1 Å². The van der Waals surface area contributed by atoms with E-state index in [0.717, 1.165) is 23.3 Å². The Morgan fingerprint density at radius 2 is 2.21 bits per heavy atom. The minimum atomic E-state index is 0.0415. The molecule has 1 atom stereocenters. The highest BCUT2D eigenvalue weighted by Gasteiger charge is 2.19. The van der Waals surface area contributed by atoms with Crippen molar-refractivity contribution in [3.8, 4) is 0 Å². The van der Waals surface area contributed by atoms with Crippen molar-refractivity contribution in [3.63, 3.8) is 0 Å². The number of aromatic nitrogens is 2. The summed E-state index contributed by atoms with van der Waals surface area (Å²) in [5.41, 5.74) is 0.893. The Morgan fingerprint density at radius 1 is 1.47 bits per heavy atom. The van der Waals surface area contributed by atoms with E-state index in [1.807, 2.05) is 11.4 Å². The maximum absolute atomic E-state index is 12.4. The summed E-state index contributed by atoms with van der Waals surface area (Å²) in [4.78, 5) is 18.0. The molecule has 0 bridgehead atoms. The maximum Gasteiger partial charge on any atom is 0.272 e. The maximum atomic E-state index is 12.4. The van der Waals surface area contributed by atoms with Gasteiger partial charge in [-0.1, -0.05) is 0 Å². The molecule has 1 N–H and O–H groups in total. The predicted molar refractivity (Wildman–Crippen MR) is 81.5 cm³/mol. The highest BCUT2D eigenvalue weighted by Crippen LogP contribution is 2.16. The van der Waals surface area contributed by atoms with Crippen LogP contribution in [0.5, 0.6) is 0 Å². The Labute approximate surface area is 120 Å². The molecule has 1 aliphatic heterocycles.